The lowest BCUT2D eigenvalue weighted by molar-refractivity contribution is 0.0950. The second-order valence-corrected chi connectivity index (χ2v) is 6.31. The smallest absolute Gasteiger partial charge is 0.255 e. The van der Waals surface area contributed by atoms with Gasteiger partial charge in [0.2, 0.25) is 0 Å². The van der Waals surface area contributed by atoms with Crippen LogP contribution in [0, 0.1) is 0 Å². The summed E-state index contributed by atoms with van der Waals surface area (Å²) >= 11 is 0. The first kappa shape index (κ1) is 19.5. The molecule has 1 amide bonds. The van der Waals surface area contributed by atoms with Crippen molar-refractivity contribution in [2.45, 2.75) is 77.6 Å². The maximum Gasteiger partial charge on any atom is 0.255 e. The Morgan fingerprint density at radius 2 is 1.39 bits per heavy atom. The molecule has 0 aliphatic carbocycles. The highest BCUT2D eigenvalue weighted by Crippen LogP contribution is 2.15. The van der Waals surface area contributed by atoms with Gasteiger partial charge in [-0.15, -0.1) is 0 Å². The molecule has 0 bridgehead atoms. The van der Waals surface area contributed by atoms with Gasteiger partial charge in [-0.25, -0.2) is 0 Å². The Bertz CT molecular complexity index is 431. The summed E-state index contributed by atoms with van der Waals surface area (Å²) in [5, 5.41) is 12.5. The van der Waals surface area contributed by atoms with Crippen molar-refractivity contribution >= 4 is 5.91 Å². The van der Waals surface area contributed by atoms with Crippen LogP contribution in [-0.4, -0.2) is 17.6 Å². The first-order valence-corrected chi connectivity index (χ1v) is 9.32. The van der Waals surface area contributed by atoms with Crippen LogP contribution in [0.2, 0.25) is 0 Å². The Morgan fingerprint density at radius 1 is 0.870 bits per heavy atom. The molecular formula is C20H33NO2. The molecule has 3 heteroatoms. The van der Waals surface area contributed by atoms with Gasteiger partial charge in [-0.2, -0.15) is 0 Å². The summed E-state index contributed by atoms with van der Waals surface area (Å²) in [4.78, 5) is 11.9. The fourth-order valence-corrected chi connectivity index (χ4v) is 2.75. The third-order valence-electron chi connectivity index (χ3n) is 4.21. The van der Waals surface area contributed by atoms with E-state index in [2.05, 4.69) is 12.2 Å². The molecule has 1 rings (SSSR count). The lowest BCUT2D eigenvalue weighted by atomic mass is 10.1. The van der Waals surface area contributed by atoms with Gasteiger partial charge in [-0.3, -0.25) is 4.79 Å². The SMILES string of the molecule is CCCCCCCCCCCCCNC(=O)c1ccccc1O. The van der Waals surface area contributed by atoms with Crippen LogP contribution in [0.5, 0.6) is 5.75 Å². The summed E-state index contributed by atoms with van der Waals surface area (Å²) in [6, 6.07) is 6.66. The van der Waals surface area contributed by atoms with E-state index in [1.165, 1.54) is 63.9 Å². The first-order valence-electron chi connectivity index (χ1n) is 9.32. The monoisotopic (exact) mass is 319 g/mol. The number of para-hydroxylation sites is 1. The van der Waals surface area contributed by atoms with Gasteiger partial charge in [-0.05, 0) is 18.6 Å². The second-order valence-electron chi connectivity index (χ2n) is 6.31. The molecule has 0 aromatic heterocycles. The Morgan fingerprint density at radius 3 is 1.96 bits per heavy atom. The van der Waals surface area contributed by atoms with Crippen LogP contribution in [0.4, 0.5) is 0 Å². The van der Waals surface area contributed by atoms with Gasteiger partial charge in [0, 0.05) is 6.54 Å². The van der Waals surface area contributed by atoms with Crippen molar-refractivity contribution in [2.75, 3.05) is 6.54 Å². The number of aromatic hydroxyl groups is 1. The number of carbonyl (C=O) groups is 1. The molecule has 130 valence electrons. The normalized spacial score (nSPS) is 10.7. The van der Waals surface area contributed by atoms with Crippen LogP contribution in [0.25, 0.3) is 0 Å². The van der Waals surface area contributed by atoms with Crippen LogP contribution in [0.1, 0.15) is 87.9 Å². The van der Waals surface area contributed by atoms with E-state index in [4.69, 9.17) is 0 Å². The fraction of sp³-hybridized carbons (Fsp3) is 0.650. The lowest BCUT2D eigenvalue weighted by Gasteiger charge is -2.06. The lowest BCUT2D eigenvalue weighted by Crippen LogP contribution is -2.24. The molecule has 1 aromatic rings. The number of benzene rings is 1. The van der Waals surface area contributed by atoms with Gasteiger partial charge in [0.15, 0.2) is 0 Å². The minimum absolute atomic E-state index is 0.0453. The molecule has 0 aliphatic heterocycles. The molecule has 1 aromatic carbocycles. The molecule has 0 radical (unpaired) electrons. The van der Waals surface area contributed by atoms with Gasteiger partial charge in [0.1, 0.15) is 5.75 Å². The average Bonchev–Trinajstić information content (AvgIpc) is 2.56. The molecular weight excluding hydrogens is 286 g/mol. The Hall–Kier alpha value is -1.51. The Kier molecular flexibility index (Phi) is 11.0. The summed E-state index contributed by atoms with van der Waals surface area (Å²) in [5.74, 6) is -0.140. The third-order valence-corrected chi connectivity index (χ3v) is 4.21. The summed E-state index contributed by atoms with van der Waals surface area (Å²) in [6.45, 7) is 2.94. The zero-order chi connectivity index (χ0) is 16.8. The van der Waals surface area contributed by atoms with Crippen molar-refractivity contribution in [3.8, 4) is 5.75 Å². The molecule has 23 heavy (non-hydrogen) atoms. The largest absolute Gasteiger partial charge is 0.507 e. The van der Waals surface area contributed by atoms with E-state index in [0.29, 0.717) is 12.1 Å². The number of phenols is 1. The van der Waals surface area contributed by atoms with E-state index in [1.54, 1.807) is 18.2 Å². The van der Waals surface area contributed by atoms with Gasteiger partial charge in [-0.1, -0.05) is 83.3 Å². The number of phenolic OH excluding ortho intramolecular Hbond substituents is 1. The van der Waals surface area contributed by atoms with Gasteiger partial charge in [0.25, 0.3) is 5.91 Å². The molecule has 0 saturated heterocycles. The van der Waals surface area contributed by atoms with Crippen molar-refractivity contribution in [1.29, 1.82) is 0 Å². The number of unbranched alkanes of at least 4 members (excludes halogenated alkanes) is 10. The van der Waals surface area contributed by atoms with E-state index in [-0.39, 0.29) is 11.7 Å². The number of rotatable bonds is 13. The second kappa shape index (κ2) is 13.0. The topological polar surface area (TPSA) is 49.3 Å². The molecule has 0 aliphatic rings. The Labute approximate surface area is 141 Å². The zero-order valence-corrected chi connectivity index (χ0v) is 14.7. The molecule has 2 N–H and O–H groups in total. The number of amides is 1. The van der Waals surface area contributed by atoms with E-state index in [9.17, 15) is 9.90 Å². The fourth-order valence-electron chi connectivity index (χ4n) is 2.75. The van der Waals surface area contributed by atoms with Crippen molar-refractivity contribution in [2.24, 2.45) is 0 Å². The summed E-state index contributed by atoms with van der Waals surface area (Å²) < 4.78 is 0. The summed E-state index contributed by atoms with van der Waals surface area (Å²) in [6.07, 6.45) is 14.3. The highest BCUT2D eigenvalue weighted by molar-refractivity contribution is 5.96. The molecule has 0 unspecified atom stereocenters. The number of hydrogen-bond donors (Lipinski definition) is 2. The highest BCUT2D eigenvalue weighted by atomic mass is 16.3. The van der Waals surface area contributed by atoms with Crippen molar-refractivity contribution < 1.29 is 9.90 Å². The molecule has 0 atom stereocenters. The van der Waals surface area contributed by atoms with E-state index < -0.39 is 0 Å². The Balaban J connectivity index is 1.92. The first-order chi connectivity index (χ1) is 11.3. The standard InChI is InChI=1S/C20H33NO2/c1-2-3-4-5-6-7-8-9-10-11-14-17-21-20(23)18-15-12-13-16-19(18)22/h12-13,15-16,22H,2-11,14,17H2,1H3,(H,21,23). The summed E-state index contributed by atoms with van der Waals surface area (Å²) in [5.41, 5.74) is 0.357. The maximum absolute atomic E-state index is 11.9. The highest BCUT2D eigenvalue weighted by Gasteiger charge is 2.08. The van der Waals surface area contributed by atoms with E-state index in [0.717, 1.165) is 12.8 Å². The number of nitrogens with one attached hydrogen (secondary N) is 1. The minimum Gasteiger partial charge on any atom is -0.507 e. The zero-order valence-electron chi connectivity index (χ0n) is 14.7. The van der Waals surface area contributed by atoms with Gasteiger partial charge >= 0.3 is 0 Å². The molecule has 0 saturated carbocycles. The predicted octanol–water partition coefficient (Wildman–Crippen LogP) is 5.43. The maximum atomic E-state index is 11.9. The predicted molar refractivity (Wildman–Crippen MR) is 96.9 cm³/mol. The quantitative estimate of drug-likeness (QED) is 0.476. The molecule has 3 nitrogen and oxygen atoms in total. The van der Waals surface area contributed by atoms with Crippen LogP contribution in [-0.2, 0) is 0 Å². The van der Waals surface area contributed by atoms with Crippen molar-refractivity contribution in [1.82, 2.24) is 5.32 Å². The van der Waals surface area contributed by atoms with E-state index >= 15 is 0 Å². The van der Waals surface area contributed by atoms with Crippen molar-refractivity contribution in [3.05, 3.63) is 29.8 Å². The van der Waals surface area contributed by atoms with Crippen molar-refractivity contribution in [3.63, 3.8) is 0 Å². The minimum atomic E-state index is -0.185. The molecule has 0 fully saturated rings. The summed E-state index contributed by atoms with van der Waals surface area (Å²) in [7, 11) is 0. The van der Waals surface area contributed by atoms with Crippen LogP contribution in [0.15, 0.2) is 24.3 Å². The average molecular weight is 319 g/mol. The van der Waals surface area contributed by atoms with Gasteiger partial charge < -0.3 is 10.4 Å². The number of carbonyl (C=O) groups excluding carboxylic acids is 1. The third kappa shape index (κ3) is 9.27. The molecule has 0 spiro atoms. The molecule has 0 heterocycles. The van der Waals surface area contributed by atoms with E-state index in [1.807, 2.05) is 0 Å². The number of hydrogen-bond acceptors (Lipinski definition) is 2. The van der Waals surface area contributed by atoms with Crippen LogP contribution < -0.4 is 5.32 Å². The van der Waals surface area contributed by atoms with Crippen LogP contribution >= 0.6 is 0 Å². The van der Waals surface area contributed by atoms with Crippen LogP contribution in [0.3, 0.4) is 0 Å². The van der Waals surface area contributed by atoms with Gasteiger partial charge in [0.05, 0.1) is 5.56 Å².